The quantitative estimate of drug-likeness (QED) is 0.126. The van der Waals surface area contributed by atoms with Crippen LogP contribution in [0.4, 0.5) is 0 Å². The average molecular weight is 723 g/mol. The van der Waals surface area contributed by atoms with Crippen molar-refractivity contribution in [2.75, 3.05) is 0 Å². The highest BCUT2D eigenvalue weighted by molar-refractivity contribution is 6.23. The van der Waals surface area contributed by atoms with Crippen LogP contribution in [0.2, 0.25) is 0 Å². The lowest BCUT2D eigenvalue weighted by Crippen LogP contribution is -2.16. The number of rotatable bonds is 3. The lowest BCUT2D eigenvalue weighted by atomic mass is 9.77. The van der Waals surface area contributed by atoms with Crippen LogP contribution in [-0.4, -0.2) is 0 Å². The lowest BCUT2D eigenvalue weighted by molar-refractivity contribution is 0.672. The molecule has 0 fully saturated rings. The number of hydrogen-bond donors (Lipinski definition) is 0. The predicted octanol–water partition coefficient (Wildman–Crippen LogP) is 15.9. The zero-order valence-electron chi connectivity index (χ0n) is 32.0. The molecule has 0 heteroatoms. The van der Waals surface area contributed by atoms with E-state index in [0.717, 1.165) is 0 Å². The van der Waals surface area contributed by atoms with E-state index >= 15 is 0 Å². The summed E-state index contributed by atoms with van der Waals surface area (Å²) in [5.74, 6) is 0. The predicted molar refractivity (Wildman–Crippen MR) is 245 cm³/mol. The van der Waals surface area contributed by atoms with Crippen molar-refractivity contribution >= 4 is 64.6 Å². The number of hydrogen-bond acceptors (Lipinski definition) is 0. The van der Waals surface area contributed by atoms with E-state index in [-0.39, 0.29) is 5.41 Å². The lowest BCUT2D eigenvalue weighted by Gasteiger charge is -2.25. The average Bonchev–Trinajstić information content (AvgIpc) is 3.52. The largest absolute Gasteiger partial charge is 0.0616 e. The molecule has 0 aromatic heterocycles. The van der Waals surface area contributed by atoms with Crippen molar-refractivity contribution < 1.29 is 0 Å². The molecule has 57 heavy (non-hydrogen) atoms. The fourth-order valence-electron chi connectivity index (χ4n) is 10.6. The zero-order valence-corrected chi connectivity index (χ0v) is 32.0. The zero-order chi connectivity index (χ0) is 37.8. The first kappa shape index (κ1) is 32.2. The van der Waals surface area contributed by atoms with Gasteiger partial charge in [0.05, 0.1) is 0 Å². The fraction of sp³-hybridized carbons (Fsp3) is 0.0526. The van der Waals surface area contributed by atoms with E-state index in [1.807, 2.05) is 0 Å². The van der Waals surface area contributed by atoms with Crippen LogP contribution in [0.3, 0.4) is 0 Å². The van der Waals surface area contributed by atoms with Gasteiger partial charge in [0.2, 0.25) is 0 Å². The molecule has 0 nitrogen and oxygen atoms in total. The number of fused-ring (bicyclic) bond motifs is 13. The highest BCUT2D eigenvalue weighted by Gasteiger charge is 2.39. The topological polar surface area (TPSA) is 0 Å². The second-order valence-corrected chi connectivity index (χ2v) is 16.3. The van der Waals surface area contributed by atoms with E-state index in [1.54, 1.807) is 0 Å². The molecule has 1 aliphatic carbocycles. The van der Waals surface area contributed by atoms with Crippen LogP contribution < -0.4 is 0 Å². The second kappa shape index (κ2) is 12.0. The molecular formula is C57H38. The summed E-state index contributed by atoms with van der Waals surface area (Å²) in [6.45, 7) is 4.86. The van der Waals surface area contributed by atoms with Crippen LogP contribution in [0.25, 0.3) is 109 Å². The van der Waals surface area contributed by atoms with Crippen LogP contribution in [0.1, 0.15) is 25.0 Å². The first-order valence-electron chi connectivity index (χ1n) is 20.1. The SMILES string of the molecule is CC1(C)c2c(ccc3cc(-c4c5ccccc5c(-c5ccc(-c6cccc7ccccc67)cc5)c5ccccc45)ccc23)-c2c1c1ccccc1c1ccccc21. The summed E-state index contributed by atoms with van der Waals surface area (Å²) in [5, 5.41) is 15.6. The molecule has 0 unspecified atom stereocenters. The Kier molecular flexibility index (Phi) is 6.78. The minimum Gasteiger partial charge on any atom is -0.0616 e. The second-order valence-electron chi connectivity index (χ2n) is 16.3. The Morgan fingerprint density at radius 1 is 0.263 bits per heavy atom. The molecular weight excluding hydrogens is 685 g/mol. The molecule has 1 aliphatic rings. The smallest absolute Gasteiger partial charge is 0.0171 e. The van der Waals surface area contributed by atoms with E-state index in [2.05, 4.69) is 208 Å². The van der Waals surface area contributed by atoms with Crippen molar-refractivity contribution in [1.82, 2.24) is 0 Å². The van der Waals surface area contributed by atoms with Gasteiger partial charge in [-0.15, -0.1) is 0 Å². The molecule has 11 aromatic carbocycles. The minimum atomic E-state index is -0.167. The van der Waals surface area contributed by atoms with Crippen LogP contribution in [0.5, 0.6) is 0 Å². The molecule has 0 atom stereocenters. The Labute approximate surface area is 332 Å². The van der Waals surface area contributed by atoms with Gasteiger partial charge in [0.1, 0.15) is 0 Å². The van der Waals surface area contributed by atoms with Crippen molar-refractivity contribution in [3.63, 3.8) is 0 Å². The van der Waals surface area contributed by atoms with Crippen LogP contribution >= 0.6 is 0 Å². The Morgan fingerprint density at radius 3 is 1.39 bits per heavy atom. The van der Waals surface area contributed by atoms with Gasteiger partial charge in [0, 0.05) is 5.41 Å². The van der Waals surface area contributed by atoms with E-state index in [9.17, 15) is 0 Å². The first-order chi connectivity index (χ1) is 28.1. The normalized spacial score (nSPS) is 13.2. The van der Waals surface area contributed by atoms with Gasteiger partial charge in [-0.1, -0.05) is 202 Å². The molecule has 0 spiro atoms. The maximum Gasteiger partial charge on any atom is 0.0171 e. The van der Waals surface area contributed by atoms with Gasteiger partial charge in [0.15, 0.2) is 0 Å². The molecule has 11 aromatic rings. The van der Waals surface area contributed by atoms with Crippen LogP contribution in [-0.2, 0) is 5.41 Å². The third-order valence-corrected chi connectivity index (χ3v) is 13.0. The molecule has 0 bridgehead atoms. The highest BCUT2D eigenvalue weighted by Crippen LogP contribution is 2.56. The minimum absolute atomic E-state index is 0.167. The van der Waals surface area contributed by atoms with Crippen molar-refractivity contribution in [2.24, 2.45) is 0 Å². The standard InChI is InChI=1S/C57H38/c1-57(2)55-42-32-31-39(34-38(42)30-33-51(55)54-45-19-7-5-17-43(45)44-18-6-12-24-50(44)56(54)57)53-48-22-10-8-20-46(48)52(47-21-9-11-23-49(47)53)37-28-26-36(27-29-37)41-25-13-15-35-14-3-4-16-40(35)41/h3-34H,1-2H3. The molecule has 0 radical (unpaired) electrons. The summed E-state index contributed by atoms with van der Waals surface area (Å²) in [6.07, 6.45) is 0. The van der Waals surface area contributed by atoms with Crippen molar-refractivity contribution in [3.05, 3.63) is 205 Å². The Hall–Kier alpha value is -7.02. The third-order valence-electron chi connectivity index (χ3n) is 13.0. The molecule has 0 aliphatic heterocycles. The Bertz CT molecular complexity index is 3410. The van der Waals surface area contributed by atoms with E-state index in [1.165, 1.54) is 120 Å². The summed E-state index contributed by atoms with van der Waals surface area (Å²) in [6, 6.07) is 72.4. The Balaban J connectivity index is 1.04. The van der Waals surface area contributed by atoms with Gasteiger partial charge in [-0.3, -0.25) is 0 Å². The van der Waals surface area contributed by atoms with E-state index < -0.39 is 0 Å². The van der Waals surface area contributed by atoms with E-state index in [4.69, 9.17) is 0 Å². The van der Waals surface area contributed by atoms with Crippen LogP contribution in [0, 0.1) is 0 Å². The molecule has 0 heterocycles. The molecule has 12 rings (SSSR count). The highest BCUT2D eigenvalue weighted by atomic mass is 14.4. The van der Waals surface area contributed by atoms with Gasteiger partial charge in [0.25, 0.3) is 0 Å². The van der Waals surface area contributed by atoms with Crippen LogP contribution in [0.15, 0.2) is 194 Å². The summed E-state index contributed by atoms with van der Waals surface area (Å²) in [4.78, 5) is 0. The van der Waals surface area contributed by atoms with Gasteiger partial charge in [-0.25, -0.2) is 0 Å². The monoisotopic (exact) mass is 722 g/mol. The van der Waals surface area contributed by atoms with Gasteiger partial charge in [-0.05, 0) is 126 Å². The molecule has 0 amide bonds. The van der Waals surface area contributed by atoms with Gasteiger partial charge < -0.3 is 0 Å². The molecule has 0 N–H and O–H groups in total. The third kappa shape index (κ3) is 4.56. The van der Waals surface area contributed by atoms with E-state index in [0.29, 0.717) is 0 Å². The van der Waals surface area contributed by atoms with Crippen molar-refractivity contribution in [3.8, 4) is 44.5 Å². The maximum atomic E-state index is 2.44. The summed E-state index contributed by atoms with van der Waals surface area (Å²) < 4.78 is 0. The fourth-order valence-corrected chi connectivity index (χ4v) is 10.6. The first-order valence-corrected chi connectivity index (χ1v) is 20.1. The maximum absolute atomic E-state index is 2.44. The van der Waals surface area contributed by atoms with Gasteiger partial charge >= 0.3 is 0 Å². The molecule has 266 valence electrons. The van der Waals surface area contributed by atoms with Crippen molar-refractivity contribution in [1.29, 1.82) is 0 Å². The Morgan fingerprint density at radius 2 is 0.737 bits per heavy atom. The molecule has 0 saturated heterocycles. The van der Waals surface area contributed by atoms with Gasteiger partial charge in [-0.2, -0.15) is 0 Å². The molecule has 0 saturated carbocycles. The summed E-state index contributed by atoms with van der Waals surface area (Å²) >= 11 is 0. The van der Waals surface area contributed by atoms with Crippen molar-refractivity contribution in [2.45, 2.75) is 19.3 Å². The summed E-state index contributed by atoms with van der Waals surface area (Å²) in [7, 11) is 0. The summed E-state index contributed by atoms with van der Waals surface area (Å²) in [5.41, 5.74) is 13.0. The number of benzene rings is 11.